The standard InChI is InChI=1S/C26H25ClN4O3S/c1-16-5-9-20(10-6-16)35(32,33)34-15-17-11-19(12-17)31-14-21(25(30-31)18-7-8-18)24-13-28-26-22(27)3-2-4-23(26)29-24/h2-6,9-10,13-14,17-19H,7-8,11-12,15H2,1H3. The third kappa shape index (κ3) is 4.46. The molecule has 0 N–H and O–H groups in total. The minimum Gasteiger partial charge on any atom is -0.269 e. The number of benzene rings is 2. The average molecular weight is 509 g/mol. The zero-order valence-corrected chi connectivity index (χ0v) is 20.8. The van der Waals surface area contributed by atoms with E-state index in [9.17, 15) is 8.42 Å². The van der Waals surface area contributed by atoms with E-state index in [1.54, 1.807) is 30.5 Å². The molecule has 0 amide bonds. The maximum absolute atomic E-state index is 12.5. The Hall–Kier alpha value is -2.81. The lowest BCUT2D eigenvalue weighted by Crippen LogP contribution is -2.31. The molecule has 2 saturated carbocycles. The molecule has 0 bridgehead atoms. The van der Waals surface area contributed by atoms with Crippen molar-refractivity contribution in [3.05, 3.63) is 71.1 Å². The quantitative estimate of drug-likeness (QED) is 0.298. The Bertz CT molecular complexity index is 1510. The normalized spacial score (nSPS) is 20.2. The van der Waals surface area contributed by atoms with E-state index in [0.29, 0.717) is 16.5 Å². The van der Waals surface area contributed by atoms with Crippen molar-refractivity contribution in [3.63, 3.8) is 0 Å². The zero-order chi connectivity index (χ0) is 24.2. The lowest BCUT2D eigenvalue weighted by molar-refractivity contribution is 0.120. The fourth-order valence-corrected chi connectivity index (χ4v) is 5.79. The summed E-state index contributed by atoms with van der Waals surface area (Å²) in [6.07, 6.45) is 7.76. The van der Waals surface area contributed by atoms with Crippen LogP contribution < -0.4 is 0 Å². The number of rotatable bonds is 7. The second kappa shape index (κ2) is 8.69. The maximum Gasteiger partial charge on any atom is 0.296 e. The molecule has 35 heavy (non-hydrogen) atoms. The number of aromatic nitrogens is 4. The highest BCUT2D eigenvalue weighted by molar-refractivity contribution is 7.86. The number of para-hydroxylation sites is 1. The molecule has 2 aromatic carbocycles. The molecule has 2 fully saturated rings. The first-order chi connectivity index (χ1) is 16.9. The van der Waals surface area contributed by atoms with Crippen molar-refractivity contribution in [1.82, 2.24) is 19.7 Å². The van der Waals surface area contributed by atoms with Gasteiger partial charge in [0.2, 0.25) is 0 Å². The molecular weight excluding hydrogens is 484 g/mol. The smallest absolute Gasteiger partial charge is 0.269 e. The van der Waals surface area contributed by atoms with Crippen molar-refractivity contribution < 1.29 is 12.6 Å². The molecule has 0 aliphatic heterocycles. The minimum atomic E-state index is -3.74. The Balaban J connectivity index is 1.16. The van der Waals surface area contributed by atoms with Crippen molar-refractivity contribution in [1.29, 1.82) is 0 Å². The lowest BCUT2D eigenvalue weighted by atomic mass is 9.81. The summed E-state index contributed by atoms with van der Waals surface area (Å²) < 4.78 is 32.3. The third-order valence-corrected chi connectivity index (χ3v) is 8.48. The minimum absolute atomic E-state index is 0.180. The number of hydrogen-bond donors (Lipinski definition) is 0. The van der Waals surface area contributed by atoms with Crippen molar-refractivity contribution in [2.75, 3.05) is 6.61 Å². The van der Waals surface area contributed by atoms with Crippen molar-refractivity contribution in [2.24, 2.45) is 5.92 Å². The first-order valence-corrected chi connectivity index (χ1v) is 13.6. The average Bonchev–Trinajstić information content (AvgIpc) is 3.57. The van der Waals surface area contributed by atoms with Gasteiger partial charge in [0.05, 0.1) is 45.7 Å². The molecule has 0 atom stereocenters. The molecule has 0 radical (unpaired) electrons. The first-order valence-electron chi connectivity index (χ1n) is 11.8. The molecule has 0 spiro atoms. The summed E-state index contributed by atoms with van der Waals surface area (Å²) in [5.74, 6) is 0.641. The SMILES string of the molecule is Cc1ccc(S(=O)(=O)OCC2CC(n3cc(-c4cnc5c(Cl)cccc5n4)c(C4CC4)n3)C2)cc1. The second-order valence-electron chi connectivity index (χ2n) is 9.59. The van der Waals surface area contributed by atoms with Crippen LogP contribution in [-0.2, 0) is 14.3 Å². The third-order valence-electron chi connectivity index (χ3n) is 6.88. The predicted octanol–water partition coefficient (Wildman–Crippen LogP) is 5.69. The Morgan fingerprint density at radius 2 is 1.89 bits per heavy atom. The summed E-state index contributed by atoms with van der Waals surface area (Å²) in [5.41, 5.74) is 5.36. The van der Waals surface area contributed by atoms with E-state index < -0.39 is 10.1 Å². The van der Waals surface area contributed by atoms with Gasteiger partial charge in [-0.1, -0.05) is 35.4 Å². The Labute approximate surface area is 209 Å². The van der Waals surface area contributed by atoms with Crippen LogP contribution in [0, 0.1) is 12.8 Å². The van der Waals surface area contributed by atoms with Crippen LogP contribution >= 0.6 is 11.6 Å². The Kier molecular flexibility index (Phi) is 5.62. The summed E-state index contributed by atoms with van der Waals surface area (Å²) in [6.45, 7) is 2.11. The van der Waals surface area contributed by atoms with E-state index in [1.165, 1.54) is 0 Å². The van der Waals surface area contributed by atoms with Gasteiger partial charge in [-0.15, -0.1) is 0 Å². The van der Waals surface area contributed by atoms with Gasteiger partial charge in [-0.2, -0.15) is 13.5 Å². The topological polar surface area (TPSA) is 87.0 Å². The predicted molar refractivity (Wildman–Crippen MR) is 134 cm³/mol. The molecule has 2 heterocycles. The van der Waals surface area contributed by atoms with E-state index in [1.807, 2.05) is 29.8 Å². The fraction of sp³-hybridized carbons (Fsp3) is 0.346. The molecule has 4 aromatic rings. The summed E-state index contributed by atoms with van der Waals surface area (Å²) in [4.78, 5) is 9.56. The van der Waals surface area contributed by atoms with Crippen molar-refractivity contribution >= 4 is 32.8 Å². The van der Waals surface area contributed by atoms with Crippen LogP contribution in [0.4, 0.5) is 0 Å². The van der Waals surface area contributed by atoms with E-state index in [4.69, 9.17) is 25.9 Å². The molecule has 7 nitrogen and oxygen atoms in total. The van der Waals surface area contributed by atoms with E-state index in [2.05, 4.69) is 11.2 Å². The van der Waals surface area contributed by atoms with E-state index >= 15 is 0 Å². The highest BCUT2D eigenvalue weighted by atomic mass is 35.5. The van der Waals surface area contributed by atoms with Gasteiger partial charge < -0.3 is 0 Å². The van der Waals surface area contributed by atoms with Crippen LogP contribution in [0.15, 0.2) is 59.8 Å². The molecule has 0 saturated heterocycles. The molecular formula is C26H25ClN4O3S. The molecule has 2 aliphatic rings. The molecule has 180 valence electrons. The van der Waals surface area contributed by atoms with E-state index in [-0.39, 0.29) is 23.5 Å². The number of hydrogen-bond acceptors (Lipinski definition) is 6. The Morgan fingerprint density at radius 3 is 2.63 bits per heavy atom. The molecule has 2 aliphatic carbocycles. The van der Waals surface area contributed by atoms with Gasteiger partial charge in [0.1, 0.15) is 5.52 Å². The summed E-state index contributed by atoms with van der Waals surface area (Å²) >= 11 is 6.26. The van der Waals surface area contributed by atoms with Gasteiger partial charge in [-0.05, 0) is 62.8 Å². The van der Waals surface area contributed by atoms with Crippen LogP contribution in [-0.4, -0.2) is 34.8 Å². The van der Waals surface area contributed by atoms with Crippen LogP contribution in [0.1, 0.15) is 48.9 Å². The number of fused-ring (bicyclic) bond motifs is 1. The number of nitrogens with zero attached hydrogens (tertiary/aromatic N) is 4. The van der Waals surface area contributed by atoms with Gasteiger partial charge >= 0.3 is 0 Å². The maximum atomic E-state index is 12.5. The largest absolute Gasteiger partial charge is 0.296 e. The fourth-order valence-electron chi connectivity index (χ4n) is 4.60. The summed E-state index contributed by atoms with van der Waals surface area (Å²) in [5, 5.41) is 5.52. The molecule has 0 unspecified atom stereocenters. The summed E-state index contributed by atoms with van der Waals surface area (Å²) in [6, 6.07) is 12.6. The Morgan fingerprint density at radius 1 is 1.11 bits per heavy atom. The highest BCUT2D eigenvalue weighted by Crippen LogP contribution is 2.45. The van der Waals surface area contributed by atoms with Gasteiger partial charge in [0, 0.05) is 17.7 Å². The lowest BCUT2D eigenvalue weighted by Gasteiger charge is -2.34. The zero-order valence-electron chi connectivity index (χ0n) is 19.3. The van der Waals surface area contributed by atoms with Crippen LogP contribution in [0.2, 0.25) is 5.02 Å². The summed E-state index contributed by atoms with van der Waals surface area (Å²) in [7, 11) is -3.74. The van der Waals surface area contributed by atoms with Crippen LogP contribution in [0.3, 0.4) is 0 Å². The monoisotopic (exact) mass is 508 g/mol. The molecule has 6 rings (SSSR count). The molecule has 9 heteroatoms. The van der Waals surface area contributed by atoms with Crippen LogP contribution in [0.25, 0.3) is 22.3 Å². The van der Waals surface area contributed by atoms with Crippen molar-refractivity contribution in [3.8, 4) is 11.3 Å². The van der Waals surface area contributed by atoms with Gasteiger partial charge in [-0.25, -0.2) is 4.98 Å². The van der Waals surface area contributed by atoms with Gasteiger partial charge in [-0.3, -0.25) is 13.8 Å². The molecule has 2 aromatic heterocycles. The highest BCUT2D eigenvalue weighted by Gasteiger charge is 2.36. The van der Waals surface area contributed by atoms with Gasteiger partial charge in [0.25, 0.3) is 10.1 Å². The van der Waals surface area contributed by atoms with E-state index in [0.717, 1.165) is 53.7 Å². The van der Waals surface area contributed by atoms with Gasteiger partial charge in [0.15, 0.2) is 0 Å². The number of aryl methyl sites for hydroxylation is 1. The number of halogens is 1. The van der Waals surface area contributed by atoms with Crippen LogP contribution in [0.5, 0.6) is 0 Å². The first kappa shape index (κ1) is 22.6. The van der Waals surface area contributed by atoms with Crippen molar-refractivity contribution in [2.45, 2.75) is 49.5 Å². The second-order valence-corrected chi connectivity index (χ2v) is 11.6.